The number of esters is 1. The molecule has 1 aliphatic rings. The molecule has 0 spiro atoms. The number of amides is 1. The van der Waals surface area contributed by atoms with E-state index in [0.717, 1.165) is 19.3 Å². The number of benzene rings is 1. The van der Waals surface area contributed by atoms with Gasteiger partial charge in [0.1, 0.15) is 5.75 Å². The highest BCUT2D eigenvalue weighted by molar-refractivity contribution is 5.96. The summed E-state index contributed by atoms with van der Waals surface area (Å²) in [6.45, 7) is 1.46. The molecule has 1 amide bonds. The van der Waals surface area contributed by atoms with Gasteiger partial charge in [-0.2, -0.15) is 0 Å². The van der Waals surface area contributed by atoms with Crippen LogP contribution in [0.5, 0.6) is 5.75 Å². The van der Waals surface area contributed by atoms with Crippen LogP contribution >= 0.6 is 0 Å². The monoisotopic (exact) mass is 364 g/mol. The van der Waals surface area contributed by atoms with Crippen molar-refractivity contribution in [2.75, 3.05) is 12.4 Å². The first-order chi connectivity index (χ1) is 12.4. The summed E-state index contributed by atoms with van der Waals surface area (Å²) < 4.78 is 10.3. The van der Waals surface area contributed by atoms with Gasteiger partial charge in [0.25, 0.3) is 11.6 Å². The van der Waals surface area contributed by atoms with Crippen molar-refractivity contribution in [2.24, 2.45) is 5.92 Å². The Hall–Kier alpha value is -2.64. The topological polar surface area (TPSA) is 108 Å². The molecule has 1 aliphatic carbocycles. The van der Waals surface area contributed by atoms with E-state index in [1.807, 2.05) is 0 Å². The molecule has 142 valence electrons. The van der Waals surface area contributed by atoms with Crippen LogP contribution in [0.1, 0.15) is 45.4 Å². The molecule has 0 saturated heterocycles. The highest BCUT2D eigenvalue weighted by Gasteiger charge is 2.22. The largest absolute Gasteiger partial charge is 0.495 e. The number of carbonyl (C=O) groups is 2. The Morgan fingerprint density at radius 2 is 2.04 bits per heavy atom. The fourth-order valence-electron chi connectivity index (χ4n) is 3.07. The number of non-ortho nitro benzene ring substituents is 1. The molecule has 0 aromatic heterocycles. The molecule has 0 bridgehead atoms. The zero-order valence-corrected chi connectivity index (χ0v) is 15.0. The Bertz CT molecular complexity index is 670. The van der Waals surface area contributed by atoms with E-state index < -0.39 is 22.9 Å². The van der Waals surface area contributed by atoms with Crippen molar-refractivity contribution < 1.29 is 24.0 Å². The van der Waals surface area contributed by atoms with Gasteiger partial charge in [-0.15, -0.1) is 0 Å². The summed E-state index contributed by atoms with van der Waals surface area (Å²) in [5.41, 5.74) is -0.0251. The van der Waals surface area contributed by atoms with Crippen LogP contribution in [0.15, 0.2) is 18.2 Å². The van der Waals surface area contributed by atoms with Crippen LogP contribution < -0.4 is 10.1 Å². The molecule has 0 radical (unpaired) electrons. The van der Waals surface area contributed by atoms with Crippen molar-refractivity contribution >= 4 is 23.3 Å². The number of anilines is 1. The van der Waals surface area contributed by atoms with Crippen molar-refractivity contribution in [1.82, 2.24) is 0 Å². The third kappa shape index (κ3) is 5.44. The summed E-state index contributed by atoms with van der Waals surface area (Å²) in [6.07, 6.45) is 4.79. The van der Waals surface area contributed by atoms with E-state index in [2.05, 4.69) is 5.32 Å². The van der Waals surface area contributed by atoms with Crippen molar-refractivity contribution in [3.8, 4) is 5.75 Å². The normalized spacial score (nSPS) is 15.3. The zero-order chi connectivity index (χ0) is 19.1. The molecular weight excluding hydrogens is 340 g/mol. The number of rotatable bonds is 8. The van der Waals surface area contributed by atoms with Gasteiger partial charge in [0.2, 0.25) is 0 Å². The number of nitro groups is 1. The van der Waals surface area contributed by atoms with E-state index in [-0.39, 0.29) is 17.1 Å². The summed E-state index contributed by atoms with van der Waals surface area (Å²) in [6, 6.07) is 3.87. The molecule has 1 aromatic carbocycles. The minimum atomic E-state index is -1.00. The van der Waals surface area contributed by atoms with E-state index in [4.69, 9.17) is 9.47 Å². The third-order valence-electron chi connectivity index (χ3n) is 4.56. The van der Waals surface area contributed by atoms with Gasteiger partial charge < -0.3 is 14.8 Å². The maximum Gasteiger partial charge on any atom is 0.306 e. The Labute approximate surface area is 152 Å². The number of hydrogen-bond donors (Lipinski definition) is 1. The molecule has 0 unspecified atom stereocenters. The molecule has 0 heterocycles. The molecule has 1 fully saturated rings. The Balaban J connectivity index is 1.90. The maximum absolute atomic E-state index is 12.2. The van der Waals surface area contributed by atoms with Gasteiger partial charge in [0.05, 0.1) is 17.7 Å². The summed E-state index contributed by atoms with van der Waals surface area (Å²) in [4.78, 5) is 34.5. The predicted octanol–water partition coefficient (Wildman–Crippen LogP) is 3.44. The van der Waals surface area contributed by atoms with E-state index >= 15 is 0 Å². The van der Waals surface area contributed by atoms with Gasteiger partial charge in [0, 0.05) is 18.6 Å². The van der Waals surface area contributed by atoms with Crippen LogP contribution in [0.4, 0.5) is 11.4 Å². The van der Waals surface area contributed by atoms with E-state index in [0.29, 0.717) is 12.3 Å². The summed E-state index contributed by atoms with van der Waals surface area (Å²) in [5, 5.41) is 13.4. The lowest BCUT2D eigenvalue weighted by Crippen LogP contribution is -2.30. The zero-order valence-electron chi connectivity index (χ0n) is 15.0. The van der Waals surface area contributed by atoms with Crippen LogP contribution in [0.25, 0.3) is 0 Å². The number of hydrogen-bond acceptors (Lipinski definition) is 6. The highest BCUT2D eigenvalue weighted by atomic mass is 16.6. The van der Waals surface area contributed by atoms with Crippen molar-refractivity contribution in [2.45, 2.75) is 51.6 Å². The summed E-state index contributed by atoms with van der Waals surface area (Å²) in [7, 11) is 1.39. The predicted molar refractivity (Wildman–Crippen MR) is 95.0 cm³/mol. The number of ether oxygens (including phenoxy) is 2. The maximum atomic E-state index is 12.2. The van der Waals surface area contributed by atoms with E-state index in [1.165, 1.54) is 45.1 Å². The van der Waals surface area contributed by atoms with Gasteiger partial charge in [-0.05, 0) is 25.3 Å². The smallest absolute Gasteiger partial charge is 0.306 e. The van der Waals surface area contributed by atoms with Gasteiger partial charge in [0.15, 0.2) is 6.10 Å². The fraction of sp³-hybridized carbons (Fsp3) is 0.556. The highest BCUT2D eigenvalue weighted by Crippen LogP contribution is 2.30. The first-order valence-electron chi connectivity index (χ1n) is 8.73. The van der Waals surface area contributed by atoms with Gasteiger partial charge >= 0.3 is 5.97 Å². The first-order valence-corrected chi connectivity index (χ1v) is 8.73. The van der Waals surface area contributed by atoms with Crippen molar-refractivity contribution in [1.29, 1.82) is 0 Å². The minimum Gasteiger partial charge on any atom is -0.495 e. The quantitative estimate of drug-likeness (QED) is 0.430. The Morgan fingerprint density at radius 1 is 1.35 bits per heavy atom. The van der Waals surface area contributed by atoms with Crippen LogP contribution in [0, 0.1) is 16.0 Å². The SMILES string of the molecule is COc1ccc([N+](=O)[O-])cc1NC(=O)[C@@H](C)OC(=O)CCC1CCCC1. The third-order valence-corrected chi connectivity index (χ3v) is 4.56. The average Bonchev–Trinajstić information content (AvgIpc) is 3.13. The van der Waals surface area contributed by atoms with Gasteiger partial charge in [-0.25, -0.2) is 0 Å². The lowest BCUT2D eigenvalue weighted by Gasteiger charge is -2.15. The number of nitrogens with one attached hydrogen (secondary N) is 1. The second-order valence-corrected chi connectivity index (χ2v) is 6.45. The Morgan fingerprint density at radius 3 is 2.65 bits per heavy atom. The Kier molecular flexibility index (Phi) is 6.94. The van der Waals surface area contributed by atoms with E-state index in [1.54, 1.807) is 0 Å². The second kappa shape index (κ2) is 9.17. The molecule has 1 aromatic rings. The first kappa shape index (κ1) is 19.7. The number of carbonyl (C=O) groups excluding carboxylic acids is 2. The standard InChI is InChI=1S/C18H24N2O6/c1-12(26-17(21)10-7-13-5-3-4-6-13)18(22)19-15-11-14(20(23)24)8-9-16(15)25-2/h8-9,11-13H,3-7,10H2,1-2H3,(H,19,22)/t12-/m1/s1. The van der Waals surface area contributed by atoms with Crippen LogP contribution in [0.2, 0.25) is 0 Å². The van der Waals surface area contributed by atoms with Gasteiger partial charge in [-0.3, -0.25) is 19.7 Å². The number of nitro benzene ring substituents is 1. The van der Waals surface area contributed by atoms with Crippen LogP contribution in [-0.2, 0) is 14.3 Å². The molecule has 8 heteroatoms. The van der Waals surface area contributed by atoms with Gasteiger partial charge in [-0.1, -0.05) is 25.7 Å². The number of nitrogens with zero attached hydrogens (tertiary/aromatic N) is 1. The van der Waals surface area contributed by atoms with E-state index in [9.17, 15) is 19.7 Å². The molecule has 1 atom stereocenters. The average molecular weight is 364 g/mol. The lowest BCUT2D eigenvalue weighted by molar-refractivity contribution is -0.384. The second-order valence-electron chi connectivity index (χ2n) is 6.45. The van der Waals surface area contributed by atoms with Crippen molar-refractivity contribution in [3.63, 3.8) is 0 Å². The molecule has 26 heavy (non-hydrogen) atoms. The van der Waals surface area contributed by atoms with Crippen LogP contribution in [0.3, 0.4) is 0 Å². The van der Waals surface area contributed by atoms with Crippen molar-refractivity contribution in [3.05, 3.63) is 28.3 Å². The molecule has 0 aliphatic heterocycles. The summed E-state index contributed by atoms with van der Waals surface area (Å²) >= 11 is 0. The molecular formula is C18H24N2O6. The fourth-order valence-corrected chi connectivity index (χ4v) is 3.07. The molecule has 1 saturated carbocycles. The molecule has 8 nitrogen and oxygen atoms in total. The van der Waals surface area contributed by atoms with Crippen LogP contribution in [-0.4, -0.2) is 30.0 Å². The summed E-state index contributed by atoms with van der Waals surface area (Å²) in [5.74, 6) is -0.131. The lowest BCUT2D eigenvalue weighted by atomic mass is 10.0. The minimum absolute atomic E-state index is 0.153. The molecule has 2 rings (SSSR count). The number of methoxy groups -OCH3 is 1. The molecule has 1 N–H and O–H groups in total.